The molecule has 2 fully saturated rings. The number of aromatic nitrogens is 2. The third kappa shape index (κ3) is 2.41. The number of fused-ring (bicyclic) bond motifs is 2. The maximum atomic E-state index is 5.73. The molecule has 0 aromatic carbocycles. The van der Waals surface area contributed by atoms with Crippen molar-refractivity contribution in [1.29, 1.82) is 0 Å². The van der Waals surface area contributed by atoms with E-state index in [1.54, 1.807) is 0 Å². The van der Waals surface area contributed by atoms with E-state index >= 15 is 0 Å². The first-order valence-electron chi connectivity index (χ1n) is 7.40. The molecule has 106 valence electrons. The van der Waals surface area contributed by atoms with Crippen LogP contribution in [0.15, 0.2) is 4.52 Å². The van der Waals surface area contributed by atoms with Crippen molar-refractivity contribution in [2.75, 3.05) is 6.61 Å². The maximum Gasteiger partial charge on any atom is 0.231 e. The molecule has 3 rings (SSSR count). The summed E-state index contributed by atoms with van der Waals surface area (Å²) in [5.74, 6) is 2.24. The van der Waals surface area contributed by atoms with Crippen LogP contribution in [0.25, 0.3) is 0 Å². The summed E-state index contributed by atoms with van der Waals surface area (Å²) >= 11 is 0. The van der Waals surface area contributed by atoms with Crippen molar-refractivity contribution < 1.29 is 9.26 Å². The topological polar surface area (TPSA) is 60.2 Å². The van der Waals surface area contributed by atoms with Gasteiger partial charge < -0.3 is 14.6 Å². The first-order chi connectivity index (χ1) is 9.19. The Balaban J connectivity index is 1.75. The van der Waals surface area contributed by atoms with Gasteiger partial charge in [-0.1, -0.05) is 19.0 Å². The maximum absolute atomic E-state index is 5.73. The van der Waals surface area contributed by atoms with Crippen LogP contribution < -0.4 is 5.32 Å². The van der Waals surface area contributed by atoms with Crippen molar-refractivity contribution in [3.05, 3.63) is 11.7 Å². The van der Waals surface area contributed by atoms with Gasteiger partial charge in [0, 0.05) is 18.7 Å². The zero-order valence-corrected chi connectivity index (χ0v) is 11.9. The van der Waals surface area contributed by atoms with Crippen molar-refractivity contribution in [3.8, 4) is 0 Å². The van der Waals surface area contributed by atoms with Gasteiger partial charge in [0.05, 0.1) is 5.92 Å². The molecule has 0 saturated carbocycles. The Morgan fingerprint density at radius 3 is 2.84 bits per heavy atom. The number of nitrogens with zero attached hydrogens (tertiary/aromatic N) is 2. The summed E-state index contributed by atoms with van der Waals surface area (Å²) in [5.41, 5.74) is 0. The predicted octanol–water partition coefficient (Wildman–Crippen LogP) is 2.41. The molecular weight excluding hydrogens is 242 g/mol. The fraction of sp³-hybridized carbons (Fsp3) is 0.857. The van der Waals surface area contributed by atoms with Gasteiger partial charge in [-0.15, -0.1) is 0 Å². The highest BCUT2D eigenvalue weighted by Gasteiger charge is 2.42. The quantitative estimate of drug-likeness (QED) is 0.886. The second-order valence-electron chi connectivity index (χ2n) is 6.00. The van der Waals surface area contributed by atoms with E-state index in [2.05, 4.69) is 29.3 Å². The molecule has 1 aromatic rings. The minimum absolute atomic E-state index is 0.0611. The largest absolute Gasteiger partial charge is 0.370 e. The molecule has 4 atom stereocenters. The van der Waals surface area contributed by atoms with Crippen molar-refractivity contribution in [2.45, 2.75) is 64.1 Å². The Labute approximate surface area is 114 Å². The molecule has 2 aliphatic heterocycles. The number of hydrogen-bond donors (Lipinski definition) is 1. The molecular formula is C14H23N3O2. The van der Waals surface area contributed by atoms with Crippen molar-refractivity contribution in [2.24, 2.45) is 5.92 Å². The summed E-state index contributed by atoms with van der Waals surface area (Å²) in [4.78, 5) is 4.61. The SMILES string of the molecule is CCOC(c1noc(C2CC3CCC2N3)n1)C(C)C. The molecule has 2 saturated heterocycles. The van der Waals surface area contributed by atoms with E-state index in [1.807, 2.05) is 6.92 Å². The fourth-order valence-corrected chi connectivity index (χ4v) is 3.36. The van der Waals surface area contributed by atoms with Crippen LogP contribution in [0.1, 0.15) is 63.8 Å². The van der Waals surface area contributed by atoms with Gasteiger partial charge in [-0.05, 0) is 32.1 Å². The van der Waals surface area contributed by atoms with Gasteiger partial charge >= 0.3 is 0 Å². The van der Waals surface area contributed by atoms with E-state index in [4.69, 9.17) is 9.26 Å². The Hall–Kier alpha value is -0.940. The molecule has 3 heterocycles. The number of ether oxygens (including phenoxy) is 1. The Kier molecular flexibility index (Phi) is 3.58. The normalized spacial score (nSPS) is 31.3. The van der Waals surface area contributed by atoms with Crippen LogP contribution in [0, 0.1) is 5.92 Å². The predicted molar refractivity (Wildman–Crippen MR) is 70.8 cm³/mol. The zero-order valence-electron chi connectivity index (χ0n) is 11.9. The van der Waals surface area contributed by atoms with Crippen molar-refractivity contribution in [1.82, 2.24) is 15.5 Å². The van der Waals surface area contributed by atoms with Crippen LogP contribution in [-0.4, -0.2) is 28.8 Å². The molecule has 0 aliphatic carbocycles. The zero-order chi connectivity index (χ0) is 13.4. The lowest BCUT2D eigenvalue weighted by Crippen LogP contribution is -2.21. The minimum Gasteiger partial charge on any atom is -0.370 e. The second kappa shape index (κ2) is 5.21. The summed E-state index contributed by atoms with van der Waals surface area (Å²) in [6, 6.07) is 1.18. The van der Waals surface area contributed by atoms with Gasteiger partial charge in [-0.2, -0.15) is 4.98 Å². The van der Waals surface area contributed by atoms with E-state index in [-0.39, 0.29) is 6.10 Å². The standard InChI is InChI=1S/C14H23N3O2/c1-4-18-12(8(2)3)13-16-14(19-17-13)10-7-9-5-6-11(10)15-9/h8-12,15H,4-7H2,1-3H3. The molecule has 2 aliphatic rings. The van der Waals surface area contributed by atoms with Crippen LogP contribution in [0.3, 0.4) is 0 Å². The van der Waals surface area contributed by atoms with Crippen molar-refractivity contribution >= 4 is 0 Å². The first-order valence-corrected chi connectivity index (χ1v) is 7.40. The van der Waals surface area contributed by atoms with Crippen LogP contribution in [0.4, 0.5) is 0 Å². The van der Waals surface area contributed by atoms with E-state index in [0.29, 0.717) is 36.4 Å². The number of hydrogen-bond acceptors (Lipinski definition) is 5. The molecule has 19 heavy (non-hydrogen) atoms. The molecule has 5 nitrogen and oxygen atoms in total. The number of nitrogens with one attached hydrogen (secondary N) is 1. The van der Waals surface area contributed by atoms with E-state index < -0.39 is 0 Å². The lowest BCUT2D eigenvalue weighted by Gasteiger charge is -2.17. The van der Waals surface area contributed by atoms with Gasteiger partial charge in [0.25, 0.3) is 0 Å². The molecule has 4 unspecified atom stereocenters. The average Bonchev–Trinajstić information content (AvgIpc) is 3.10. The van der Waals surface area contributed by atoms with Gasteiger partial charge in [-0.3, -0.25) is 0 Å². The molecule has 0 amide bonds. The van der Waals surface area contributed by atoms with E-state index in [1.165, 1.54) is 12.8 Å². The van der Waals surface area contributed by atoms with E-state index in [0.717, 1.165) is 12.3 Å². The molecule has 2 bridgehead atoms. The highest BCUT2D eigenvalue weighted by molar-refractivity contribution is 5.10. The number of rotatable bonds is 5. The van der Waals surface area contributed by atoms with Gasteiger partial charge in [-0.25, -0.2) is 0 Å². The highest BCUT2D eigenvalue weighted by Crippen LogP contribution is 2.39. The lowest BCUT2D eigenvalue weighted by molar-refractivity contribution is 0.0217. The molecule has 0 spiro atoms. The lowest BCUT2D eigenvalue weighted by atomic mass is 9.89. The van der Waals surface area contributed by atoms with Gasteiger partial charge in [0.2, 0.25) is 11.7 Å². The summed E-state index contributed by atoms with van der Waals surface area (Å²) in [5, 5.41) is 7.75. The Morgan fingerprint density at radius 2 is 2.26 bits per heavy atom. The van der Waals surface area contributed by atoms with Crippen LogP contribution in [-0.2, 0) is 4.74 Å². The highest BCUT2D eigenvalue weighted by atomic mass is 16.5. The van der Waals surface area contributed by atoms with Crippen molar-refractivity contribution in [3.63, 3.8) is 0 Å². The minimum atomic E-state index is -0.0611. The summed E-state index contributed by atoms with van der Waals surface area (Å²) in [6.45, 7) is 6.91. The summed E-state index contributed by atoms with van der Waals surface area (Å²) in [6.07, 6.45) is 3.59. The Bertz CT molecular complexity index is 416. The van der Waals surface area contributed by atoms with E-state index in [9.17, 15) is 0 Å². The molecule has 1 N–H and O–H groups in total. The van der Waals surface area contributed by atoms with Crippen LogP contribution in [0.5, 0.6) is 0 Å². The van der Waals surface area contributed by atoms with Gasteiger partial charge in [0.15, 0.2) is 0 Å². The average molecular weight is 265 g/mol. The van der Waals surface area contributed by atoms with Crippen LogP contribution in [0.2, 0.25) is 0 Å². The van der Waals surface area contributed by atoms with Crippen LogP contribution >= 0.6 is 0 Å². The summed E-state index contributed by atoms with van der Waals surface area (Å²) < 4.78 is 11.2. The summed E-state index contributed by atoms with van der Waals surface area (Å²) in [7, 11) is 0. The molecule has 5 heteroatoms. The fourth-order valence-electron chi connectivity index (χ4n) is 3.36. The Morgan fingerprint density at radius 1 is 1.42 bits per heavy atom. The third-order valence-corrected chi connectivity index (χ3v) is 4.28. The second-order valence-corrected chi connectivity index (χ2v) is 6.00. The molecule has 1 aromatic heterocycles. The molecule has 0 radical (unpaired) electrons. The smallest absolute Gasteiger partial charge is 0.231 e. The first kappa shape index (κ1) is 13.1. The monoisotopic (exact) mass is 265 g/mol. The third-order valence-electron chi connectivity index (χ3n) is 4.28. The van der Waals surface area contributed by atoms with Gasteiger partial charge in [0.1, 0.15) is 6.10 Å².